The summed E-state index contributed by atoms with van der Waals surface area (Å²) >= 11 is 0. The Kier molecular flexibility index (Phi) is 3.16. The van der Waals surface area contributed by atoms with Gasteiger partial charge in [0, 0.05) is 31.2 Å². The molecule has 21 heavy (non-hydrogen) atoms. The van der Waals surface area contributed by atoms with Crippen LogP contribution in [0.4, 0.5) is 11.5 Å². The van der Waals surface area contributed by atoms with E-state index in [0.29, 0.717) is 12.2 Å². The molecule has 1 aliphatic rings. The van der Waals surface area contributed by atoms with Gasteiger partial charge in [-0.3, -0.25) is 4.79 Å². The molecule has 1 unspecified atom stereocenters. The normalized spacial score (nSPS) is 21.7. The average Bonchev–Trinajstić information content (AvgIpc) is 2.89. The van der Waals surface area contributed by atoms with Crippen molar-refractivity contribution < 1.29 is 4.79 Å². The summed E-state index contributed by atoms with van der Waals surface area (Å²) in [7, 11) is 1.68. The van der Waals surface area contributed by atoms with Gasteiger partial charge >= 0.3 is 0 Å². The number of aromatic nitrogens is 2. The molecule has 0 radical (unpaired) electrons. The quantitative estimate of drug-likeness (QED) is 0.809. The molecule has 0 bridgehead atoms. The summed E-state index contributed by atoms with van der Waals surface area (Å²) in [5.74, 6) is 0.919. The number of rotatable bonds is 2. The van der Waals surface area contributed by atoms with Gasteiger partial charge in [-0.05, 0) is 31.5 Å². The predicted octanol–water partition coefficient (Wildman–Crippen LogP) is 1.17. The molecule has 3 rings (SSSR count). The Morgan fingerprint density at radius 3 is 3.00 bits per heavy atom. The summed E-state index contributed by atoms with van der Waals surface area (Å²) in [6, 6.07) is 5.61. The highest BCUT2D eigenvalue weighted by Gasteiger charge is 2.40. The zero-order chi connectivity index (χ0) is 15.0. The summed E-state index contributed by atoms with van der Waals surface area (Å²) in [5.41, 5.74) is 7.04. The number of nitrogens with one attached hydrogen (secondary N) is 1. The molecule has 0 aliphatic carbocycles. The fraction of sp³-hybridized carbons (Fsp3) is 0.400. The lowest BCUT2D eigenvalue weighted by Crippen LogP contribution is -2.39. The van der Waals surface area contributed by atoms with Crippen LogP contribution < -0.4 is 16.0 Å². The molecule has 0 spiro atoms. The number of fused-ring (bicyclic) bond motifs is 1. The number of hydrogen-bond acceptors (Lipinski definition) is 5. The van der Waals surface area contributed by atoms with E-state index in [2.05, 4.69) is 20.2 Å². The molecule has 1 atom stereocenters. The number of amides is 1. The average molecular weight is 285 g/mol. The minimum atomic E-state index is -0.383. The molecular weight excluding hydrogens is 266 g/mol. The summed E-state index contributed by atoms with van der Waals surface area (Å²) in [6.07, 6.45) is 2.36. The first-order valence-corrected chi connectivity index (χ1v) is 7.01. The van der Waals surface area contributed by atoms with Gasteiger partial charge in [0.1, 0.15) is 12.1 Å². The van der Waals surface area contributed by atoms with E-state index in [1.165, 1.54) is 0 Å². The third-order valence-electron chi connectivity index (χ3n) is 4.19. The van der Waals surface area contributed by atoms with E-state index in [4.69, 9.17) is 5.73 Å². The van der Waals surface area contributed by atoms with Crippen LogP contribution in [-0.4, -0.2) is 36.0 Å². The molecule has 1 aliphatic heterocycles. The van der Waals surface area contributed by atoms with Crippen LogP contribution in [0.25, 0.3) is 10.9 Å². The number of hydrogen-bond donors (Lipinski definition) is 2. The number of anilines is 2. The first-order chi connectivity index (χ1) is 10.0. The predicted molar refractivity (Wildman–Crippen MR) is 83.0 cm³/mol. The maximum Gasteiger partial charge on any atom is 0.227 e. The van der Waals surface area contributed by atoms with Crippen LogP contribution in [0, 0.1) is 5.41 Å². The molecule has 1 aromatic heterocycles. The van der Waals surface area contributed by atoms with E-state index >= 15 is 0 Å². The zero-order valence-electron chi connectivity index (χ0n) is 12.3. The van der Waals surface area contributed by atoms with Crippen molar-refractivity contribution in [1.82, 2.24) is 15.3 Å². The monoisotopic (exact) mass is 285 g/mol. The Hall–Kier alpha value is -2.37. The molecule has 1 amide bonds. The third kappa shape index (κ3) is 2.26. The van der Waals surface area contributed by atoms with Gasteiger partial charge in [0.05, 0.1) is 10.9 Å². The number of nitrogen functional groups attached to an aromatic ring is 1. The highest BCUT2D eigenvalue weighted by molar-refractivity contribution is 5.92. The molecule has 1 fully saturated rings. The Balaban J connectivity index is 1.99. The van der Waals surface area contributed by atoms with Crippen molar-refractivity contribution in [3.8, 4) is 0 Å². The first kappa shape index (κ1) is 13.6. The number of benzene rings is 1. The SMILES string of the molecule is CNC(=O)C1(C)CCN(c2ncnc3ccc(N)cc23)C1. The fourth-order valence-electron chi connectivity index (χ4n) is 2.94. The van der Waals surface area contributed by atoms with Crippen molar-refractivity contribution in [2.45, 2.75) is 13.3 Å². The van der Waals surface area contributed by atoms with Gasteiger partial charge < -0.3 is 16.0 Å². The van der Waals surface area contributed by atoms with Crippen LogP contribution in [-0.2, 0) is 4.79 Å². The standard InChI is InChI=1S/C15H19N5O/c1-15(14(21)17-2)5-6-20(8-15)13-11-7-10(16)3-4-12(11)18-9-19-13/h3-4,7,9H,5-6,8,16H2,1-2H3,(H,17,21). The first-order valence-electron chi connectivity index (χ1n) is 7.01. The molecule has 1 aromatic carbocycles. The summed E-state index contributed by atoms with van der Waals surface area (Å²) in [6.45, 7) is 3.43. The van der Waals surface area contributed by atoms with Gasteiger partial charge in [0.2, 0.25) is 5.91 Å². The van der Waals surface area contributed by atoms with E-state index in [0.717, 1.165) is 29.7 Å². The van der Waals surface area contributed by atoms with Crippen molar-refractivity contribution in [2.75, 3.05) is 30.8 Å². The molecule has 110 valence electrons. The highest BCUT2D eigenvalue weighted by Crippen LogP contribution is 2.35. The van der Waals surface area contributed by atoms with Crippen molar-refractivity contribution in [1.29, 1.82) is 0 Å². The van der Waals surface area contributed by atoms with E-state index in [1.54, 1.807) is 13.4 Å². The van der Waals surface area contributed by atoms with Gasteiger partial charge in [-0.15, -0.1) is 0 Å². The van der Waals surface area contributed by atoms with E-state index < -0.39 is 0 Å². The lowest BCUT2D eigenvalue weighted by atomic mass is 9.89. The van der Waals surface area contributed by atoms with Crippen molar-refractivity contribution in [3.63, 3.8) is 0 Å². The van der Waals surface area contributed by atoms with Gasteiger partial charge in [-0.1, -0.05) is 0 Å². The largest absolute Gasteiger partial charge is 0.399 e. The lowest BCUT2D eigenvalue weighted by Gasteiger charge is -2.23. The van der Waals surface area contributed by atoms with Crippen molar-refractivity contribution in [2.24, 2.45) is 5.41 Å². The molecular formula is C15H19N5O. The molecule has 3 N–H and O–H groups in total. The molecule has 1 saturated heterocycles. The van der Waals surface area contributed by atoms with Gasteiger partial charge in [0.25, 0.3) is 0 Å². The van der Waals surface area contributed by atoms with Gasteiger partial charge in [0.15, 0.2) is 0 Å². The number of carbonyl (C=O) groups excluding carboxylic acids is 1. The second-order valence-corrected chi connectivity index (χ2v) is 5.79. The maximum absolute atomic E-state index is 12.0. The van der Waals surface area contributed by atoms with E-state index in [9.17, 15) is 4.79 Å². The minimum absolute atomic E-state index is 0.0721. The summed E-state index contributed by atoms with van der Waals surface area (Å²) < 4.78 is 0. The van der Waals surface area contributed by atoms with Crippen LogP contribution in [0.3, 0.4) is 0 Å². The molecule has 0 saturated carbocycles. The number of carbonyl (C=O) groups is 1. The number of nitrogens with zero attached hydrogens (tertiary/aromatic N) is 3. The molecule has 6 nitrogen and oxygen atoms in total. The Bertz CT molecular complexity index is 702. The summed E-state index contributed by atoms with van der Waals surface area (Å²) in [4.78, 5) is 22.9. The van der Waals surface area contributed by atoms with E-state index in [-0.39, 0.29) is 11.3 Å². The van der Waals surface area contributed by atoms with Crippen LogP contribution in [0.1, 0.15) is 13.3 Å². The van der Waals surface area contributed by atoms with E-state index in [1.807, 2.05) is 25.1 Å². The van der Waals surface area contributed by atoms with Crippen molar-refractivity contribution >= 4 is 28.3 Å². The van der Waals surface area contributed by atoms with Gasteiger partial charge in [-0.25, -0.2) is 9.97 Å². The van der Waals surface area contributed by atoms with Gasteiger partial charge in [-0.2, -0.15) is 0 Å². The van der Waals surface area contributed by atoms with Crippen LogP contribution in [0.2, 0.25) is 0 Å². The minimum Gasteiger partial charge on any atom is -0.399 e. The second kappa shape index (κ2) is 4.87. The Labute approximate surface area is 123 Å². The molecule has 2 heterocycles. The zero-order valence-corrected chi connectivity index (χ0v) is 12.3. The molecule has 2 aromatic rings. The van der Waals surface area contributed by atoms with Crippen LogP contribution >= 0.6 is 0 Å². The maximum atomic E-state index is 12.0. The van der Waals surface area contributed by atoms with Crippen LogP contribution in [0.15, 0.2) is 24.5 Å². The Morgan fingerprint density at radius 2 is 2.24 bits per heavy atom. The lowest BCUT2D eigenvalue weighted by molar-refractivity contribution is -0.128. The smallest absolute Gasteiger partial charge is 0.227 e. The highest BCUT2D eigenvalue weighted by atomic mass is 16.2. The summed E-state index contributed by atoms with van der Waals surface area (Å²) in [5, 5.41) is 3.68. The second-order valence-electron chi connectivity index (χ2n) is 5.79. The fourth-order valence-corrected chi connectivity index (χ4v) is 2.94. The topological polar surface area (TPSA) is 84.1 Å². The molecule has 6 heteroatoms. The van der Waals surface area contributed by atoms with Crippen molar-refractivity contribution in [3.05, 3.63) is 24.5 Å². The third-order valence-corrected chi connectivity index (χ3v) is 4.19. The Morgan fingerprint density at radius 1 is 1.43 bits per heavy atom. The van der Waals surface area contributed by atoms with Crippen LogP contribution in [0.5, 0.6) is 0 Å². The number of nitrogens with two attached hydrogens (primary N) is 1.